The molecule has 0 bridgehead atoms. The van der Waals surface area contributed by atoms with Gasteiger partial charge in [-0.05, 0) is 0 Å². The minimum atomic E-state index is 1.04. The fourth-order valence-electron chi connectivity index (χ4n) is 2.41. The number of hydrogen-bond acceptors (Lipinski definition) is 1. The molecular formula is C16H27NaO. The number of furan rings is 1. The van der Waals surface area contributed by atoms with Crippen LogP contribution in [0, 0.1) is 0 Å². The summed E-state index contributed by atoms with van der Waals surface area (Å²) in [6.45, 7) is 2.28. The van der Waals surface area contributed by atoms with Gasteiger partial charge in [0.1, 0.15) is 0 Å². The van der Waals surface area contributed by atoms with Gasteiger partial charge in [0, 0.05) is 0 Å². The summed E-state index contributed by atoms with van der Waals surface area (Å²) in [5.74, 6) is 1.19. The quantitative estimate of drug-likeness (QED) is 0.419. The average Bonchev–Trinajstić information content (AvgIpc) is 2.77. The SMILES string of the molecule is CCCCCCCCCCCCc1cc[c]([Na])o1. The van der Waals surface area contributed by atoms with Crippen LogP contribution in [0.4, 0.5) is 0 Å². The van der Waals surface area contributed by atoms with Crippen molar-refractivity contribution in [3.63, 3.8) is 0 Å². The molecule has 0 atom stereocenters. The first-order valence-corrected chi connectivity index (χ1v) is 8.88. The molecule has 0 spiro atoms. The summed E-state index contributed by atoms with van der Waals surface area (Å²) in [5.41, 5.74) is 0. The van der Waals surface area contributed by atoms with E-state index >= 15 is 0 Å². The van der Waals surface area contributed by atoms with E-state index in [1.54, 1.807) is 0 Å². The van der Waals surface area contributed by atoms with Crippen molar-refractivity contribution in [2.24, 2.45) is 0 Å². The number of hydrogen-bond donors (Lipinski definition) is 0. The predicted molar refractivity (Wildman–Crippen MR) is 79.6 cm³/mol. The summed E-state index contributed by atoms with van der Waals surface area (Å²) < 4.78 is 6.81. The minimum absolute atomic E-state index is 1.04. The second kappa shape index (κ2) is 11.1. The molecule has 1 nitrogen and oxygen atoms in total. The molecule has 0 aliphatic carbocycles. The standard InChI is InChI=1S/C16H27O.Na/c1-2-3-4-5-6-7-8-9-10-11-13-16-14-12-15-17-16;/h12,14H,2-11,13H2,1H3;. The molecule has 0 saturated heterocycles. The van der Waals surface area contributed by atoms with E-state index in [0.29, 0.717) is 0 Å². The van der Waals surface area contributed by atoms with Crippen molar-refractivity contribution >= 4 is 30.9 Å². The molecule has 1 rings (SSSR count). The van der Waals surface area contributed by atoms with Gasteiger partial charge in [0.05, 0.1) is 0 Å². The molecule has 1 aromatic heterocycles. The Bertz CT molecular complexity index is 293. The Labute approximate surface area is 130 Å². The second-order valence-electron chi connectivity index (χ2n) is 5.44. The monoisotopic (exact) mass is 258 g/mol. The van der Waals surface area contributed by atoms with E-state index in [-0.39, 0.29) is 0 Å². The van der Waals surface area contributed by atoms with Gasteiger partial charge in [-0.2, -0.15) is 0 Å². The van der Waals surface area contributed by atoms with Crippen molar-refractivity contribution in [1.29, 1.82) is 0 Å². The van der Waals surface area contributed by atoms with Crippen LogP contribution in [0.2, 0.25) is 0 Å². The molecule has 98 valence electrons. The molecule has 0 aliphatic heterocycles. The normalized spacial score (nSPS) is 11.1. The first kappa shape index (κ1) is 16.3. The Kier molecular flexibility index (Phi) is 10.1. The van der Waals surface area contributed by atoms with Crippen LogP contribution in [0.3, 0.4) is 0 Å². The average molecular weight is 258 g/mol. The van der Waals surface area contributed by atoms with Gasteiger partial charge in [0.2, 0.25) is 0 Å². The van der Waals surface area contributed by atoms with Crippen LogP contribution >= 0.6 is 0 Å². The number of aryl methyl sites for hydroxylation is 1. The van der Waals surface area contributed by atoms with E-state index in [0.717, 1.165) is 34.4 Å². The van der Waals surface area contributed by atoms with Crippen LogP contribution in [0.5, 0.6) is 0 Å². The van der Waals surface area contributed by atoms with Crippen LogP contribution < -0.4 is 3.01 Å². The zero-order valence-electron chi connectivity index (χ0n) is 12.3. The zero-order valence-corrected chi connectivity index (χ0v) is 14.3. The van der Waals surface area contributed by atoms with E-state index in [2.05, 4.69) is 19.1 Å². The Balaban J connectivity index is 1.81. The molecule has 1 heterocycles. The Morgan fingerprint density at radius 3 is 1.89 bits per heavy atom. The third-order valence-corrected chi connectivity index (χ3v) is 4.11. The van der Waals surface area contributed by atoms with Crippen LogP contribution in [0.25, 0.3) is 0 Å². The molecular weight excluding hydrogens is 231 g/mol. The topological polar surface area (TPSA) is 13.1 Å². The van der Waals surface area contributed by atoms with Crippen molar-refractivity contribution in [3.8, 4) is 0 Å². The van der Waals surface area contributed by atoms with E-state index in [1.807, 2.05) is 0 Å². The number of unbranched alkanes of at least 4 members (excludes halogenated alkanes) is 9. The molecule has 0 saturated carbocycles. The summed E-state index contributed by atoms with van der Waals surface area (Å²) in [4.78, 5) is 0. The molecule has 0 N–H and O–H groups in total. The second-order valence-corrected chi connectivity index (χ2v) is 6.43. The predicted octanol–water partition coefficient (Wildman–Crippen LogP) is 4.54. The molecule has 2 heteroatoms. The fraction of sp³-hybridized carbons (Fsp3) is 0.750. The molecule has 0 radical (unpaired) electrons. The maximum absolute atomic E-state index is 5.63. The molecule has 0 fully saturated rings. The van der Waals surface area contributed by atoms with Gasteiger partial charge in [0.15, 0.2) is 0 Å². The van der Waals surface area contributed by atoms with Gasteiger partial charge in [-0.25, -0.2) is 0 Å². The summed E-state index contributed by atoms with van der Waals surface area (Å²) in [6.07, 6.45) is 15.2. The van der Waals surface area contributed by atoms with E-state index < -0.39 is 0 Å². The molecule has 0 amide bonds. The van der Waals surface area contributed by atoms with E-state index in [1.165, 1.54) is 73.0 Å². The first-order valence-electron chi connectivity index (χ1n) is 7.88. The van der Waals surface area contributed by atoms with Gasteiger partial charge in [-0.3, -0.25) is 0 Å². The summed E-state index contributed by atoms with van der Waals surface area (Å²) >= 11 is 1.04. The summed E-state index contributed by atoms with van der Waals surface area (Å²) in [6, 6.07) is 4.27. The van der Waals surface area contributed by atoms with Crippen molar-refractivity contribution in [2.45, 2.75) is 77.6 Å². The maximum atomic E-state index is 5.63. The first-order chi connectivity index (χ1) is 8.83. The molecule has 1 aromatic rings. The van der Waals surface area contributed by atoms with E-state index in [4.69, 9.17) is 4.42 Å². The molecule has 0 unspecified atom stereocenters. The third-order valence-electron chi connectivity index (χ3n) is 3.57. The van der Waals surface area contributed by atoms with Gasteiger partial charge >= 0.3 is 111 Å². The summed E-state index contributed by atoms with van der Waals surface area (Å²) in [7, 11) is 0. The Hall–Kier alpha value is 0.280. The van der Waals surface area contributed by atoms with Crippen LogP contribution in [-0.2, 0) is 6.42 Å². The van der Waals surface area contributed by atoms with Crippen LogP contribution in [-0.4, -0.2) is 27.9 Å². The third kappa shape index (κ3) is 8.39. The van der Waals surface area contributed by atoms with Crippen molar-refractivity contribution in [3.05, 3.63) is 17.9 Å². The van der Waals surface area contributed by atoms with Crippen molar-refractivity contribution < 1.29 is 4.42 Å². The number of rotatable bonds is 11. The zero-order chi connectivity index (χ0) is 13.1. The molecule has 18 heavy (non-hydrogen) atoms. The molecule has 0 aliphatic rings. The van der Waals surface area contributed by atoms with E-state index in [9.17, 15) is 0 Å². The fourth-order valence-corrected chi connectivity index (χ4v) is 2.84. The van der Waals surface area contributed by atoms with Crippen LogP contribution in [0.1, 0.15) is 76.9 Å². The van der Waals surface area contributed by atoms with Gasteiger partial charge in [-0.15, -0.1) is 0 Å². The van der Waals surface area contributed by atoms with Crippen LogP contribution in [0.15, 0.2) is 16.5 Å². The van der Waals surface area contributed by atoms with Crippen molar-refractivity contribution in [2.75, 3.05) is 0 Å². The summed E-state index contributed by atoms with van der Waals surface area (Å²) in [5, 5.41) is 0. The van der Waals surface area contributed by atoms with Gasteiger partial charge in [0.25, 0.3) is 0 Å². The van der Waals surface area contributed by atoms with Gasteiger partial charge < -0.3 is 0 Å². The Morgan fingerprint density at radius 2 is 1.39 bits per heavy atom. The van der Waals surface area contributed by atoms with Crippen molar-refractivity contribution in [1.82, 2.24) is 0 Å². The molecule has 0 aromatic carbocycles. The Morgan fingerprint density at radius 1 is 0.833 bits per heavy atom. The van der Waals surface area contributed by atoms with Gasteiger partial charge in [-0.1, -0.05) is 19.8 Å².